The van der Waals surface area contributed by atoms with Crippen LogP contribution in [0.5, 0.6) is 0 Å². The monoisotopic (exact) mass is 262 g/mol. The molecule has 1 N–H and O–H groups in total. The standard InChI is InChI=1S/C13H8ClFN2O/c14-10-7-8(5-6-11(10)15)16-13-9-3-1-2-4-12(9)18-17-13/h1-7H,(H,16,17). The molecule has 5 heteroatoms. The summed E-state index contributed by atoms with van der Waals surface area (Å²) in [5, 5.41) is 7.88. The molecule has 0 fully saturated rings. The molecule has 2 aromatic carbocycles. The summed E-state index contributed by atoms with van der Waals surface area (Å²) in [5.41, 5.74) is 1.34. The van der Waals surface area contributed by atoms with Crippen LogP contribution in [-0.2, 0) is 0 Å². The molecule has 0 unspecified atom stereocenters. The lowest BCUT2D eigenvalue weighted by atomic mass is 10.2. The van der Waals surface area contributed by atoms with Crippen molar-refractivity contribution in [3.63, 3.8) is 0 Å². The number of rotatable bonds is 2. The first-order valence-corrected chi connectivity index (χ1v) is 5.68. The largest absolute Gasteiger partial charge is 0.354 e. The minimum absolute atomic E-state index is 0.0628. The van der Waals surface area contributed by atoms with Gasteiger partial charge in [0.15, 0.2) is 11.4 Å². The maximum absolute atomic E-state index is 13.0. The third-order valence-corrected chi connectivity index (χ3v) is 2.85. The minimum atomic E-state index is -0.452. The van der Waals surface area contributed by atoms with Gasteiger partial charge in [0.25, 0.3) is 0 Å². The summed E-state index contributed by atoms with van der Waals surface area (Å²) in [6.45, 7) is 0. The van der Waals surface area contributed by atoms with E-state index in [4.69, 9.17) is 16.1 Å². The van der Waals surface area contributed by atoms with Gasteiger partial charge < -0.3 is 9.84 Å². The lowest BCUT2D eigenvalue weighted by Crippen LogP contribution is -1.91. The van der Waals surface area contributed by atoms with E-state index in [0.29, 0.717) is 17.1 Å². The third-order valence-electron chi connectivity index (χ3n) is 2.56. The van der Waals surface area contributed by atoms with E-state index in [1.165, 1.54) is 12.1 Å². The number of benzene rings is 2. The number of aromatic nitrogens is 1. The Morgan fingerprint density at radius 3 is 2.83 bits per heavy atom. The van der Waals surface area contributed by atoms with Gasteiger partial charge in [-0.25, -0.2) is 4.39 Å². The molecular formula is C13H8ClFN2O. The van der Waals surface area contributed by atoms with Crippen LogP contribution in [0, 0.1) is 5.82 Å². The highest BCUT2D eigenvalue weighted by atomic mass is 35.5. The van der Waals surface area contributed by atoms with E-state index in [9.17, 15) is 4.39 Å². The number of hydrogen-bond donors (Lipinski definition) is 1. The number of nitrogens with zero attached hydrogens (tertiary/aromatic N) is 1. The zero-order valence-electron chi connectivity index (χ0n) is 9.15. The van der Waals surface area contributed by atoms with E-state index >= 15 is 0 Å². The molecule has 90 valence electrons. The lowest BCUT2D eigenvalue weighted by Gasteiger charge is -2.03. The zero-order chi connectivity index (χ0) is 12.5. The smallest absolute Gasteiger partial charge is 0.181 e. The summed E-state index contributed by atoms with van der Waals surface area (Å²) >= 11 is 5.71. The predicted molar refractivity (Wildman–Crippen MR) is 68.7 cm³/mol. The van der Waals surface area contributed by atoms with Crippen molar-refractivity contribution in [1.29, 1.82) is 0 Å². The van der Waals surface area contributed by atoms with E-state index in [1.54, 1.807) is 6.07 Å². The average molecular weight is 263 g/mol. The van der Waals surface area contributed by atoms with E-state index in [1.807, 2.05) is 24.3 Å². The molecular weight excluding hydrogens is 255 g/mol. The maximum Gasteiger partial charge on any atom is 0.181 e. The molecule has 0 spiro atoms. The number of hydrogen-bond acceptors (Lipinski definition) is 3. The van der Waals surface area contributed by atoms with Crippen molar-refractivity contribution in [1.82, 2.24) is 5.16 Å². The number of halogens is 2. The number of para-hydroxylation sites is 1. The number of fused-ring (bicyclic) bond motifs is 1. The second-order valence-electron chi connectivity index (χ2n) is 3.78. The van der Waals surface area contributed by atoms with Crippen LogP contribution in [-0.4, -0.2) is 5.16 Å². The molecule has 0 aliphatic heterocycles. The van der Waals surface area contributed by atoms with Crippen molar-refractivity contribution >= 4 is 34.1 Å². The molecule has 18 heavy (non-hydrogen) atoms. The predicted octanol–water partition coefficient (Wildman–Crippen LogP) is 4.36. The summed E-state index contributed by atoms with van der Waals surface area (Å²) in [5.74, 6) is 0.125. The molecule has 0 aliphatic carbocycles. The lowest BCUT2D eigenvalue weighted by molar-refractivity contribution is 0.460. The fourth-order valence-corrected chi connectivity index (χ4v) is 1.87. The van der Waals surface area contributed by atoms with Gasteiger partial charge in [0.2, 0.25) is 0 Å². The van der Waals surface area contributed by atoms with Gasteiger partial charge in [0.1, 0.15) is 5.82 Å². The molecule has 0 aliphatic rings. The van der Waals surface area contributed by atoms with Gasteiger partial charge in [-0.05, 0) is 30.3 Å². The van der Waals surface area contributed by atoms with Crippen molar-refractivity contribution in [2.45, 2.75) is 0 Å². The minimum Gasteiger partial charge on any atom is -0.354 e. The summed E-state index contributed by atoms with van der Waals surface area (Å²) < 4.78 is 18.2. The van der Waals surface area contributed by atoms with Crippen LogP contribution in [0.4, 0.5) is 15.9 Å². The highest BCUT2D eigenvalue weighted by Gasteiger charge is 2.08. The van der Waals surface area contributed by atoms with Gasteiger partial charge in [-0.15, -0.1) is 0 Å². The Labute approximate surface area is 107 Å². The first-order chi connectivity index (χ1) is 8.74. The molecule has 3 rings (SSSR count). The van der Waals surface area contributed by atoms with Crippen molar-refractivity contribution in [2.75, 3.05) is 5.32 Å². The summed E-state index contributed by atoms with van der Waals surface area (Å²) in [6.07, 6.45) is 0. The molecule has 3 nitrogen and oxygen atoms in total. The van der Waals surface area contributed by atoms with Crippen molar-refractivity contribution < 1.29 is 8.91 Å². The molecule has 0 saturated carbocycles. The maximum atomic E-state index is 13.0. The Kier molecular flexibility index (Phi) is 2.64. The van der Waals surface area contributed by atoms with Gasteiger partial charge in [-0.2, -0.15) is 0 Å². The van der Waals surface area contributed by atoms with Gasteiger partial charge in [-0.1, -0.05) is 28.9 Å². The SMILES string of the molecule is Fc1ccc(Nc2noc3ccccc23)cc1Cl. The normalized spacial score (nSPS) is 10.8. The van der Waals surface area contributed by atoms with E-state index in [-0.39, 0.29) is 5.02 Å². The second kappa shape index (κ2) is 4.31. The fraction of sp³-hybridized carbons (Fsp3) is 0. The van der Waals surface area contributed by atoms with Crippen molar-refractivity contribution in [3.05, 3.63) is 53.3 Å². The van der Waals surface area contributed by atoms with Crippen LogP contribution < -0.4 is 5.32 Å². The quantitative estimate of drug-likeness (QED) is 0.745. The van der Waals surface area contributed by atoms with E-state index < -0.39 is 5.82 Å². The molecule has 3 aromatic rings. The van der Waals surface area contributed by atoms with E-state index in [0.717, 1.165) is 5.39 Å². The summed E-state index contributed by atoms with van der Waals surface area (Å²) in [7, 11) is 0. The van der Waals surface area contributed by atoms with Gasteiger partial charge in [0, 0.05) is 5.69 Å². The topological polar surface area (TPSA) is 38.1 Å². The summed E-state index contributed by atoms with van der Waals surface area (Å²) in [6, 6.07) is 11.9. The zero-order valence-corrected chi connectivity index (χ0v) is 9.91. The number of nitrogens with one attached hydrogen (secondary N) is 1. The van der Waals surface area contributed by atoms with Crippen molar-refractivity contribution in [2.24, 2.45) is 0 Å². The van der Waals surface area contributed by atoms with Crippen LogP contribution in [0.2, 0.25) is 5.02 Å². The highest BCUT2D eigenvalue weighted by Crippen LogP contribution is 2.27. The highest BCUT2D eigenvalue weighted by molar-refractivity contribution is 6.31. The Hall–Kier alpha value is -2.07. The molecule has 0 radical (unpaired) electrons. The molecule has 1 heterocycles. The Morgan fingerprint density at radius 1 is 1.17 bits per heavy atom. The van der Waals surface area contributed by atoms with Crippen molar-refractivity contribution in [3.8, 4) is 0 Å². The molecule has 0 atom stereocenters. The van der Waals surface area contributed by atoms with Gasteiger partial charge >= 0.3 is 0 Å². The van der Waals surface area contributed by atoms with Crippen LogP contribution in [0.25, 0.3) is 11.0 Å². The van der Waals surface area contributed by atoms with Gasteiger partial charge in [-0.3, -0.25) is 0 Å². The van der Waals surface area contributed by atoms with E-state index in [2.05, 4.69) is 10.5 Å². The third kappa shape index (κ3) is 1.91. The Morgan fingerprint density at radius 2 is 2.00 bits per heavy atom. The van der Waals surface area contributed by atoms with Gasteiger partial charge in [0.05, 0.1) is 10.4 Å². The second-order valence-corrected chi connectivity index (χ2v) is 4.19. The Balaban J connectivity index is 1.98. The van der Waals surface area contributed by atoms with Crippen LogP contribution in [0.1, 0.15) is 0 Å². The first-order valence-electron chi connectivity index (χ1n) is 5.30. The number of anilines is 2. The van der Waals surface area contributed by atoms with Crippen LogP contribution >= 0.6 is 11.6 Å². The molecule has 0 amide bonds. The molecule has 1 aromatic heterocycles. The summed E-state index contributed by atoms with van der Waals surface area (Å²) in [4.78, 5) is 0. The molecule has 0 bridgehead atoms. The Bertz CT molecular complexity index is 711. The fourth-order valence-electron chi connectivity index (χ4n) is 1.69. The molecule has 0 saturated heterocycles. The first kappa shape index (κ1) is 11.0. The van der Waals surface area contributed by atoms with Crippen LogP contribution in [0.15, 0.2) is 47.0 Å². The average Bonchev–Trinajstić information content (AvgIpc) is 2.78. The van der Waals surface area contributed by atoms with Crippen LogP contribution in [0.3, 0.4) is 0 Å².